The molecule has 2 heterocycles. The Morgan fingerprint density at radius 1 is 1.33 bits per heavy atom. The Bertz CT molecular complexity index is 718. The van der Waals surface area contributed by atoms with Crippen LogP contribution < -0.4 is 10.6 Å². The molecule has 0 aliphatic heterocycles. The summed E-state index contributed by atoms with van der Waals surface area (Å²) in [4.78, 5) is 12.8. The van der Waals surface area contributed by atoms with Crippen molar-refractivity contribution in [1.29, 1.82) is 0 Å². The number of guanidine groups is 1. The van der Waals surface area contributed by atoms with Crippen molar-refractivity contribution in [2.24, 2.45) is 12.0 Å². The standard InChI is InChI=1S/C17H27N7/c1-11(9-16-12(2)23-24(6)13(16)3)21-17(18-5)20-10-15-7-8-19-14(4)22-15/h7-8,11H,9-10H2,1-6H3,(H2,18,20,21). The zero-order valence-electron chi connectivity index (χ0n) is 15.4. The van der Waals surface area contributed by atoms with E-state index >= 15 is 0 Å². The fourth-order valence-electron chi connectivity index (χ4n) is 2.68. The Morgan fingerprint density at radius 3 is 2.67 bits per heavy atom. The third-order valence-electron chi connectivity index (χ3n) is 4.05. The van der Waals surface area contributed by atoms with Gasteiger partial charge < -0.3 is 10.6 Å². The van der Waals surface area contributed by atoms with E-state index in [0.29, 0.717) is 6.54 Å². The first-order valence-electron chi connectivity index (χ1n) is 8.15. The summed E-state index contributed by atoms with van der Waals surface area (Å²) < 4.78 is 1.93. The number of aromatic nitrogens is 4. The summed E-state index contributed by atoms with van der Waals surface area (Å²) in [5.41, 5.74) is 4.53. The van der Waals surface area contributed by atoms with Crippen molar-refractivity contribution in [3.63, 3.8) is 0 Å². The highest BCUT2D eigenvalue weighted by atomic mass is 15.3. The summed E-state index contributed by atoms with van der Waals surface area (Å²) in [6.07, 6.45) is 2.67. The topological polar surface area (TPSA) is 80.0 Å². The van der Waals surface area contributed by atoms with E-state index in [1.54, 1.807) is 13.2 Å². The molecule has 0 fully saturated rings. The van der Waals surface area contributed by atoms with Gasteiger partial charge in [0.05, 0.1) is 17.9 Å². The van der Waals surface area contributed by atoms with E-state index in [2.05, 4.69) is 51.5 Å². The minimum absolute atomic E-state index is 0.241. The van der Waals surface area contributed by atoms with Gasteiger partial charge >= 0.3 is 0 Å². The van der Waals surface area contributed by atoms with E-state index in [-0.39, 0.29) is 6.04 Å². The van der Waals surface area contributed by atoms with E-state index < -0.39 is 0 Å². The van der Waals surface area contributed by atoms with Crippen molar-refractivity contribution >= 4 is 5.96 Å². The number of nitrogens with one attached hydrogen (secondary N) is 2. The first-order chi connectivity index (χ1) is 11.4. The van der Waals surface area contributed by atoms with E-state index in [0.717, 1.165) is 29.6 Å². The zero-order valence-corrected chi connectivity index (χ0v) is 15.4. The second-order valence-corrected chi connectivity index (χ2v) is 6.04. The van der Waals surface area contributed by atoms with Crippen molar-refractivity contribution in [3.8, 4) is 0 Å². The average molecular weight is 329 g/mol. The molecule has 7 nitrogen and oxygen atoms in total. The predicted octanol–water partition coefficient (Wildman–Crippen LogP) is 1.43. The average Bonchev–Trinajstić information content (AvgIpc) is 2.78. The molecule has 0 aliphatic rings. The van der Waals surface area contributed by atoms with Crippen molar-refractivity contribution < 1.29 is 0 Å². The fraction of sp³-hybridized carbons (Fsp3) is 0.529. The molecule has 0 aliphatic carbocycles. The SMILES string of the molecule is CN=C(NCc1ccnc(C)n1)NC(C)Cc1c(C)nn(C)c1C. The van der Waals surface area contributed by atoms with Crippen LogP contribution in [0.1, 0.15) is 35.4 Å². The number of aryl methyl sites for hydroxylation is 3. The highest BCUT2D eigenvalue weighted by Crippen LogP contribution is 2.14. The molecule has 1 unspecified atom stereocenters. The number of hydrogen-bond acceptors (Lipinski definition) is 4. The zero-order chi connectivity index (χ0) is 17.7. The van der Waals surface area contributed by atoms with Crippen molar-refractivity contribution in [3.05, 3.63) is 40.7 Å². The summed E-state index contributed by atoms with van der Waals surface area (Å²) in [5.74, 6) is 1.53. The molecule has 0 saturated carbocycles. The summed E-state index contributed by atoms with van der Waals surface area (Å²) in [7, 11) is 3.75. The molecule has 130 valence electrons. The summed E-state index contributed by atoms with van der Waals surface area (Å²) in [6.45, 7) is 8.80. The molecule has 2 aromatic rings. The summed E-state index contributed by atoms with van der Waals surface area (Å²) >= 11 is 0. The van der Waals surface area contributed by atoms with Crippen molar-refractivity contribution in [2.75, 3.05) is 7.05 Å². The minimum atomic E-state index is 0.241. The molecule has 0 spiro atoms. The largest absolute Gasteiger partial charge is 0.354 e. The van der Waals surface area contributed by atoms with Gasteiger partial charge in [-0.3, -0.25) is 9.67 Å². The van der Waals surface area contributed by atoms with Crippen LogP contribution in [0, 0.1) is 20.8 Å². The van der Waals surface area contributed by atoms with Gasteiger partial charge in [0.1, 0.15) is 5.82 Å². The first-order valence-corrected chi connectivity index (χ1v) is 8.15. The molecule has 2 rings (SSSR count). The number of rotatable bonds is 5. The monoisotopic (exact) mass is 329 g/mol. The Kier molecular flexibility index (Phi) is 5.89. The van der Waals surface area contributed by atoms with Crippen LogP contribution in [0.25, 0.3) is 0 Å². The van der Waals surface area contributed by atoms with Crippen LogP contribution >= 0.6 is 0 Å². The molecule has 7 heteroatoms. The van der Waals surface area contributed by atoms with E-state index in [4.69, 9.17) is 0 Å². The van der Waals surface area contributed by atoms with Gasteiger partial charge in [-0.1, -0.05) is 0 Å². The van der Waals surface area contributed by atoms with Crippen LogP contribution in [0.3, 0.4) is 0 Å². The molecular weight excluding hydrogens is 302 g/mol. The van der Waals surface area contributed by atoms with E-state index in [9.17, 15) is 0 Å². The second-order valence-electron chi connectivity index (χ2n) is 6.04. The number of hydrogen-bond donors (Lipinski definition) is 2. The van der Waals surface area contributed by atoms with Gasteiger partial charge in [0, 0.05) is 32.0 Å². The van der Waals surface area contributed by atoms with Gasteiger partial charge in [0.2, 0.25) is 0 Å². The lowest BCUT2D eigenvalue weighted by atomic mass is 10.1. The highest BCUT2D eigenvalue weighted by molar-refractivity contribution is 5.79. The minimum Gasteiger partial charge on any atom is -0.354 e. The molecule has 24 heavy (non-hydrogen) atoms. The van der Waals surface area contributed by atoms with Crippen LogP contribution in [0.5, 0.6) is 0 Å². The maximum absolute atomic E-state index is 4.48. The van der Waals surface area contributed by atoms with Crippen LogP contribution in [0.15, 0.2) is 17.3 Å². The van der Waals surface area contributed by atoms with Crippen LogP contribution in [-0.4, -0.2) is 38.8 Å². The lowest BCUT2D eigenvalue weighted by molar-refractivity contribution is 0.633. The molecule has 0 bridgehead atoms. The quantitative estimate of drug-likeness (QED) is 0.641. The van der Waals surface area contributed by atoms with Gasteiger partial charge in [-0.2, -0.15) is 5.10 Å². The maximum atomic E-state index is 4.48. The smallest absolute Gasteiger partial charge is 0.191 e. The van der Waals surface area contributed by atoms with Crippen LogP contribution in [0.2, 0.25) is 0 Å². The third-order valence-corrected chi connectivity index (χ3v) is 4.05. The Labute approximate surface area is 143 Å². The van der Waals surface area contributed by atoms with E-state index in [1.165, 1.54) is 11.3 Å². The van der Waals surface area contributed by atoms with Crippen molar-refractivity contribution in [1.82, 2.24) is 30.4 Å². The molecular formula is C17H27N7. The first kappa shape index (κ1) is 17.9. The Hall–Kier alpha value is -2.44. The number of nitrogens with zero attached hydrogens (tertiary/aromatic N) is 5. The van der Waals surface area contributed by atoms with Crippen molar-refractivity contribution in [2.45, 2.75) is 46.7 Å². The van der Waals surface area contributed by atoms with Gasteiger partial charge in [-0.15, -0.1) is 0 Å². The molecule has 2 N–H and O–H groups in total. The van der Waals surface area contributed by atoms with Gasteiger partial charge in [-0.25, -0.2) is 9.97 Å². The second kappa shape index (κ2) is 7.90. The fourth-order valence-corrected chi connectivity index (χ4v) is 2.68. The van der Waals surface area contributed by atoms with Gasteiger partial charge in [0.15, 0.2) is 5.96 Å². The Morgan fingerprint density at radius 2 is 2.08 bits per heavy atom. The van der Waals surface area contributed by atoms with E-state index in [1.807, 2.05) is 24.7 Å². The molecule has 0 saturated heterocycles. The maximum Gasteiger partial charge on any atom is 0.191 e. The number of aliphatic imine (C=N–C) groups is 1. The van der Waals surface area contributed by atoms with Gasteiger partial charge in [-0.05, 0) is 45.7 Å². The molecule has 0 radical (unpaired) electrons. The Balaban J connectivity index is 1.92. The highest BCUT2D eigenvalue weighted by Gasteiger charge is 2.14. The lowest BCUT2D eigenvalue weighted by Gasteiger charge is -2.18. The summed E-state index contributed by atoms with van der Waals surface area (Å²) in [5, 5.41) is 11.2. The van der Waals surface area contributed by atoms with Gasteiger partial charge in [0.25, 0.3) is 0 Å². The van der Waals surface area contributed by atoms with Crippen LogP contribution in [0.4, 0.5) is 0 Å². The lowest BCUT2D eigenvalue weighted by Crippen LogP contribution is -2.43. The third kappa shape index (κ3) is 4.53. The van der Waals surface area contributed by atoms with Crippen LogP contribution in [-0.2, 0) is 20.0 Å². The molecule has 0 aromatic carbocycles. The predicted molar refractivity (Wildman–Crippen MR) is 96.0 cm³/mol. The molecule has 1 atom stereocenters. The normalized spacial score (nSPS) is 13.0. The molecule has 0 amide bonds. The summed E-state index contributed by atoms with van der Waals surface area (Å²) in [6, 6.07) is 2.14. The molecule has 2 aromatic heterocycles.